The SMILES string of the molecule is CNC1OC1c1cnccc1Nc1nc(-c2cc(Cl)ccc2F)nc2nc(N)ccc12. The third-order valence-electron chi connectivity index (χ3n) is 4.94. The summed E-state index contributed by atoms with van der Waals surface area (Å²) in [6.45, 7) is 0. The average Bonchev–Trinajstić information content (AvgIpc) is 3.55. The first kappa shape index (κ1) is 19.6. The van der Waals surface area contributed by atoms with Crippen LogP contribution >= 0.6 is 11.6 Å². The monoisotopic (exact) mass is 437 g/mol. The largest absolute Gasteiger partial charge is 0.384 e. The molecule has 0 radical (unpaired) electrons. The number of anilines is 3. The molecular weight excluding hydrogens is 421 g/mol. The molecule has 1 aliphatic rings. The van der Waals surface area contributed by atoms with E-state index in [2.05, 4.69) is 30.6 Å². The first-order chi connectivity index (χ1) is 15.0. The smallest absolute Gasteiger partial charge is 0.167 e. The Hall–Kier alpha value is -3.40. The van der Waals surface area contributed by atoms with Gasteiger partial charge in [0.15, 0.2) is 11.5 Å². The molecule has 0 amide bonds. The van der Waals surface area contributed by atoms with Crippen LogP contribution < -0.4 is 16.4 Å². The number of fused-ring (bicyclic) bond motifs is 1. The fourth-order valence-electron chi connectivity index (χ4n) is 3.35. The summed E-state index contributed by atoms with van der Waals surface area (Å²) >= 11 is 6.07. The Morgan fingerprint density at radius 3 is 2.81 bits per heavy atom. The van der Waals surface area contributed by atoms with E-state index in [0.717, 1.165) is 11.3 Å². The number of aromatic nitrogens is 4. The van der Waals surface area contributed by atoms with Crippen LogP contribution in [0.2, 0.25) is 5.02 Å². The van der Waals surface area contributed by atoms with Crippen LogP contribution in [-0.4, -0.2) is 33.2 Å². The molecule has 8 nitrogen and oxygen atoms in total. The van der Waals surface area contributed by atoms with Crippen molar-refractivity contribution in [3.05, 3.63) is 65.2 Å². The van der Waals surface area contributed by atoms with Crippen molar-refractivity contribution in [3.8, 4) is 11.4 Å². The summed E-state index contributed by atoms with van der Waals surface area (Å²) < 4.78 is 20.2. The topological polar surface area (TPSA) is 114 Å². The molecule has 1 aromatic carbocycles. The predicted octanol–water partition coefficient (Wildman–Crippen LogP) is 3.82. The molecule has 31 heavy (non-hydrogen) atoms. The Balaban J connectivity index is 1.65. The summed E-state index contributed by atoms with van der Waals surface area (Å²) in [4.78, 5) is 17.5. The van der Waals surface area contributed by atoms with Crippen LogP contribution in [0, 0.1) is 5.82 Å². The standard InChI is InChI=1S/C21H17ClFN7O/c1-25-21-17(31-21)13-9-26-7-6-15(13)27-18-11-3-5-16(24)28-19(11)30-20(29-18)12-8-10(22)2-4-14(12)23/h2-9,17,21,25H,1H3,(H3,24,26,27,28,29,30). The van der Waals surface area contributed by atoms with Gasteiger partial charge in [-0.1, -0.05) is 11.6 Å². The molecule has 4 N–H and O–H groups in total. The number of epoxide rings is 1. The first-order valence-electron chi connectivity index (χ1n) is 9.47. The van der Waals surface area contributed by atoms with Gasteiger partial charge in [0, 0.05) is 28.7 Å². The van der Waals surface area contributed by atoms with Crippen molar-refractivity contribution in [1.82, 2.24) is 25.3 Å². The van der Waals surface area contributed by atoms with Gasteiger partial charge in [-0.2, -0.15) is 0 Å². The van der Waals surface area contributed by atoms with Crippen LogP contribution in [0.15, 0.2) is 48.8 Å². The summed E-state index contributed by atoms with van der Waals surface area (Å²) in [5, 5.41) is 7.39. The lowest BCUT2D eigenvalue weighted by atomic mass is 10.1. The van der Waals surface area contributed by atoms with Crippen molar-refractivity contribution < 1.29 is 9.13 Å². The molecule has 4 heterocycles. The van der Waals surface area contributed by atoms with Crippen LogP contribution in [0.25, 0.3) is 22.4 Å². The number of rotatable bonds is 5. The lowest BCUT2D eigenvalue weighted by Crippen LogP contribution is -2.11. The van der Waals surface area contributed by atoms with E-state index in [1.54, 1.807) is 24.5 Å². The zero-order valence-corrected chi connectivity index (χ0v) is 17.1. The van der Waals surface area contributed by atoms with Crippen LogP contribution in [0.1, 0.15) is 11.7 Å². The Morgan fingerprint density at radius 1 is 1.13 bits per heavy atom. The number of nitrogen functional groups attached to an aromatic ring is 1. The lowest BCUT2D eigenvalue weighted by molar-refractivity contribution is 0.356. The van der Waals surface area contributed by atoms with Gasteiger partial charge in [-0.05, 0) is 43.4 Å². The van der Waals surface area contributed by atoms with Gasteiger partial charge in [0.25, 0.3) is 0 Å². The quantitative estimate of drug-likeness (QED) is 0.404. The average molecular weight is 438 g/mol. The third-order valence-corrected chi connectivity index (χ3v) is 5.17. The molecule has 0 aliphatic carbocycles. The number of halogens is 2. The van der Waals surface area contributed by atoms with Crippen molar-refractivity contribution in [3.63, 3.8) is 0 Å². The van der Waals surface area contributed by atoms with Gasteiger partial charge in [-0.15, -0.1) is 0 Å². The third kappa shape index (κ3) is 3.74. The second-order valence-electron chi connectivity index (χ2n) is 6.98. The summed E-state index contributed by atoms with van der Waals surface area (Å²) in [6, 6.07) is 9.46. The van der Waals surface area contributed by atoms with Gasteiger partial charge in [-0.3, -0.25) is 10.3 Å². The van der Waals surface area contributed by atoms with Gasteiger partial charge in [0.2, 0.25) is 0 Å². The molecule has 0 bridgehead atoms. The lowest BCUT2D eigenvalue weighted by Gasteiger charge is -2.13. The van der Waals surface area contributed by atoms with Crippen molar-refractivity contribution >= 4 is 40.0 Å². The molecule has 1 aliphatic heterocycles. The number of nitrogens with two attached hydrogens (primary N) is 1. The molecule has 0 saturated carbocycles. The second-order valence-corrected chi connectivity index (χ2v) is 7.42. The number of likely N-dealkylation sites (N-methyl/N-ethyl adjacent to an activating group) is 1. The van der Waals surface area contributed by atoms with Gasteiger partial charge >= 0.3 is 0 Å². The van der Waals surface area contributed by atoms with Gasteiger partial charge in [0.05, 0.1) is 10.9 Å². The molecule has 2 atom stereocenters. The maximum absolute atomic E-state index is 14.5. The molecule has 1 fully saturated rings. The summed E-state index contributed by atoms with van der Waals surface area (Å²) in [5.74, 6) is 0.384. The van der Waals surface area contributed by atoms with E-state index in [9.17, 15) is 4.39 Å². The molecular formula is C21H17ClFN7O. The van der Waals surface area contributed by atoms with Gasteiger partial charge in [-0.25, -0.2) is 19.3 Å². The molecule has 156 valence electrons. The van der Waals surface area contributed by atoms with Gasteiger partial charge in [0.1, 0.15) is 29.8 Å². The van der Waals surface area contributed by atoms with Crippen molar-refractivity contribution in [2.45, 2.75) is 12.3 Å². The number of benzene rings is 1. The van der Waals surface area contributed by atoms with E-state index < -0.39 is 5.82 Å². The van der Waals surface area contributed by atoms with Crippen molar-refractivity contribution in [2.75, 3.05) is 18.1 Å². The second kappa shape index (κ2) is 7.69. The van der Waals surface area contributed by atoms with E-state index in [4.69, 9.17) is 22.1 Å². The number of pyridine rings is 2. The highest BCUT2D eigenvalue weighted by molar-refractivity contribution is 6.30. The summed E-state index contributed by atoms with van der Waals surface area (Å²) in [7, 11) is 1.83. The molecule has 0 spiro atoms. The van der Waals surface area contributed by atoms with Gasteiger partial charge < -0.3 is 15.8 Å². The minimum atomic E-state index is -0.494. The highest BCUT2D eigenvalue weighted by Gasteiger charge is 2.40. The zero-order valence-electron chi connectivity index (χ0n) is 16.3. The molecule has 1 saturated heterocycles. The number of hydrogen-bond donors (Lipinski definition) is 3. The maximum Gasteiger partial charge on any atom is 0.167 e. The molecule has 10 heteroatoms. The Kier molecular flexibility index (Phi) is 4.85. The van der Waals surface area contributed by atoms with E-state index >= 15 is 0 Å². The van der Waals surface area contributed by atoms with E-state index in [1.165, 1.54) is 18.2 Å². The molecule has 5 rings (SSSR count). The molecule has 3 aromatic heterocycles. The number of ether oxygens (including phenoxy) is 1. The maximum atomic E-state index is 14.5. The van der Waals surface area contributed by atoms with Crippen LogP contribution in [0.3, 0.4) is 0 Å². The van der Waals surface area contributed by atoms with Crippen molar-refractivity contribution in [2.24, 2.45) is 0 Å². The van der Waals surface area contributed by atoms with E-state index in [1.807, 2.05) is 13.1 Å². The summed E-state index contributed by atoms with van der Waals surface area (Å²) in [5.41, 5.74) is 7.97. The molecule has 2 unspecified atom stereocenters. The van der Waals surface area contributed by atoms with Crippen LogP contribution in [-0.2, 0) is 4.74 Å². The minimum Gasteiger partial charge on any atom is -0.384 e. The molecule has 4 aromatic rings. The highest BCUT2D eigenvalue weighted by atomic mass is 35.5. The van der Waals surface area contributed by atoms with E-state index in [-0.39, 0.29) is 23.7 Å². The first-order valence-corrected chi connectivity index (χ1v) is 9.84. The van der Waals surface area contributed by atoms with Crippen molar-refractivity contribution in [1.29, 1.82) is 0 Å². The fraction of sp³-hybridized carbons (Fsp3) is 0.143. The zero-order chi connectivity index (χ0) is 21.5. The predicted molar refractivity (Wildman–Crippen MR) is 116 cm³/mol. The van der Waals surface area contributed by atoms with E-state index in [0.29, 0.717) is 27.7 Å². The number of nitrogens with one attached hydrogen (secondary N) is 2. The minimum absolute atomic E-state index is 0.0792. The van der Waals surface area contributed by atoms with Crippen LogP contribution in [0.5, 0.6) is 0 Å². The normalized spacial score (nSPS) is 17.6. The van der Waals surface area contributed by atoms with Crippen LogP contribution in [0.4, 0.5) is 21.7 Å². The Bertz CT molecular complexity index is 1300. The summed E-state index contributed by atoms with van der Waals surface area (Å²) in [6.07, 6.45) is 3.19. The highest BCUT2D eigenvalue weighted by Crippen LogP contribution is 2.41. The fourth-order valence-corrected chi connectivity index (χ4v) is 3.52. The Morgan fingerprint density at radius 2 is 2.00 bits per heavy atom. The Labute approximate surface area is 181 Å². The number of nitrogens with zero attached hydrogens (tertiary/aromatic N) is 4. The number of hydrogen-bond acceptors (Lipinski definition) is 8.